The van der Waals surface area contributed by atoms with Gasteiger partial charge in [-0.2, -0.15) is 0 Å². The van der Waals surface area contributed by atoms with Gasteiger partial charge in [0.2, 0.25) is 11.8 Å². The molecule has 1 atom stereocenters. The lowest BCUT2D eigenvalue weighted by molar-refractivity contribution is -0.122. The molecule has 0 heterocycles. The maximum Gasteiger partial charge on any atom is 0.241 e. The first-order chi connectivity index (χ1) is 13.9. The zero-order chi connectivity index (χ0) is 21.4. The molecule has 0 aliphatic carbocycles. The molecule has 29 heavy (non-hydrogen) atoms. The van der Waals surface area contributed by atoms with Crippen molar-refractivity contribution in [3.8, 4) is 17.2 Å². The summed E-state index contributed by atoms with van der Waals surface area (Å²) in [4.78, 5) is 26.6. The maximum absolute atomic E-state index is 12.6. The van der Waals surface area contributed by atoms with Gasteiger partial charge >= 0.3 is 0 Å². The van der Waals surface area contributed by atoms with Crippen molar-refractivity contribution in [2.24, 2.45) is 0 Å². The van der Waals surface area contributed by atoms with E-state index in [1.54, 1.807) is 75.6 Å². The molecule has 2 N–H and O–H groups in total. The summed E-state index contributed by atoms with van der Waals surface area (Å²) < 4.78 is 15.6. The Bertz CT molecular complexity index is 856. The number of carbonyl (C=O) groups excluding carboxylic acids is 2. The van der Waals surface area contributed by atoms with Crippen LogP contribution in [0.1, 0.15) is 6.92 Å². The minimum atomic E-state index is -0.554. The van der Waals surface area contributed by atoms with Gasteiger partial charge in [0.25, 0.3) is 0 Å². The van der Waals surface area contributed by atoms with Gasteiger partial charge in [-0.1, -0.05) is 6.07 Å². The Labute approximate surface area is 170 Å². The summed E-state index contributed by atoms with van der Waals surface area (Å²) in [5.74, 6) is 1.26. The summed E-state index contributed by atoms with van der Waals surface area (Å²) in [6, 6.07) is 11.7. The Balaban J connectivity index is 1.97. The third-order valence-corrected chi connectivity index (χ3v) is 4.45. The van der Waals surface area contributed by atoms with Crippen LogP contribution in [0.4, 0.5) is 11.4 Å². The number of ether oxygens (including phenoxy) is 3. The summed E-state index contributed by atoms with van der Waals surface area (Å²) in [5, 5.41) is 5.62. The van der Waals surface area contributed by atoms with Gasteiger partial charge in [0, 0.05) is 17.8 Å². The maximum atomic E-state index is 12.6. The molecular formula is C21H27N3O5. The second-order valence-electron chi connectivity index (χ2n) is 6.43. The highest BCUT2D eigenvalue weighted by molar-refractivity contribution is 5.97. The number of rotatable bonds is 9. The highest BCUT2D eigenvalue weighted by atomic mass is 16.5. The van der Waals surface area contributed by atoms with Crippen molar-refractivity contribution in [1.29, 1.82) is 0 Å². The van der Waals surface area contributed by atoms with Crippen LogP contribution < -0.4 is 24.8 Å². The SMILES string of the molecule is COc1cccc(NC(=O)CN(C)C(C)C(=O)Nc2cc(OC)ccc2OC)c1. The molecule has 0 radical (unpaired) electrons. The van der Waals surface area contributed by atoms with Gasteiger partial charge in [0.15, 0.2) is 0 Å². The van der Waals surface area contributed by atoms with Gasteiger partial charge in [0.05, 0.1) is 39.6 Å². The van der Waals surface area contributed by atoms with Crippen LogP contribution in [-0.4, -0.2) is 57.7 Å². The zero-order valence-electron chi connectivity index (χ0n) is 17.3. The number of methoxy groups -OCH3 is 3. The molecule has 2 rings (SSSR count). The topological polar surface area (TPSA) is 89.1 Å². The molecule has 8 heteroatoms. The van der Waals surface area contributed by atoms with E-state index < -0.39 is 6.04 Å². The molecule has 0 spiro atoms. The number of likely N-dealkylation sites (N-methyl/N-ethyl adjacent to an activating group) is 1. The Morgan fingerprint density at radius 1 is 0.966 bits per heavy atom. The van der Waals surface area contributed by atoms with E-state index >= 15 is 0 Å². The Kier molecular flexibility index (Phi) is 7.85. The highest BCUT2D eigenvalue weighted by Crippen LogP contribution is 2.29. The van der Waals surface area contributed by atoms with Crippen LogP contribution in [-0.2, 0) is 9.59 Å². The Morgan fingerprint density at radius 3 is 2.31 bits per heavy atom. The first-order valence-corrected chi connectivity index (χ1v) is 9.05. The number of nitrogens with one attached hydrogen (secondary N) is 2. The predicted octanol–water partition coefficient (Wildman–Crippen LogP) is 2.61. The summed E-state index contributed by atoms with van der Waals surface area (Å²) >= 11 is 0. The van der Waals surface area contributed by atoms with Gasteiger partial charge in [-0.25, -0.2) is 0 Å². The van der Waals surface area contributed by atoms with Crippen LogP contribution in [0.5, 0.6) is 17.2 Å². The average Bonchev–Trinajstić information content (AvgIpc) is 2.72. The molecule has 0 fully saturated rings. The molecular weight excluding hydrogens is 374 g/mol. The van der Waals surface area contributed by atoms with E-state index in [1.165, 1.54) is 7.11 Å². The molecule has 8 nitrogen and oxygen atoms in total. The molecule has 1 unspecified atom stereocenters. The van der Waals surface area contributed by atoms with Gasteiger partial charge < -0.3 is 24.8 Å². The van der Waals surface area contributed by atoms with Gasteiger partial charge in [-0.15, -0.1) is 0 Å². The van der Waals surface area contributed by atoms with Crippen molar-refractivity contribution in [3.63, 3.8) is 0 Å². The van der Waals surface area contributed by atoms with Gasteiger partial charge in [-0.3, -0.25) is 14.5 Å². The second kappa shape index (κ2) is 10.3. The third kappa shape index (κ3) is 6.11. The molecule has 0 saturated carbocycles. The molecule has 0 aliphatic rings. The minimum absolute atomic E-state index is 0.0427. The lowest BCUT2D eigenvalue weighted by atomic mass is 10.2. The van der Waals surface area contributed by atoms with Crippen LogP contribution in [0.15, 0.2) is 42.5 Å². The molecule has 156 valence electrons. The molecule has 2 amide bonds. The first-order valence-electron chi connectivity index (χ1n) is 9.05. The number of benzene rings is 2. The fraction of sp³-hybridized carbons (Fsp3) is 0.333. The van der Waals surface area contributed by atoms with Crippen LogP contribution in [0.3, 0.4) is 0 Å². The van der Waals surface area contributed by atoms with Crippen molar-refractivity contribution >= 4 is 23.2 Å². The van der Waals surface area contributed by atoms with Crippen molar-refractivity contribution in [2.45, 2.75) is 13.0 Å². The van der Waals surface area contributed by atoms with E-state index in [0.717, 1.165) is 0 Å². The molecule has 0 aromatic heterocycles. The average molecular weight is 401 g/mol. The summed E-state index contributed by atoms with van der Waals surface area (Å²) in [5.41, 5.74) is 1.12. The van der Waals surface area contributed by atoms with E-state index in [9.17, 15) is 9.59 Å². The predicted molar refractivity (Wildman–Crippen MR) is 112 cm³/mol. The molecule has 2 aromatic rings. The standard InChI is InChI=1S/C21H27N3O5/c1-14(21(26)23-18-12-17(28-4)9-10-19(18)29-5)24(2)13-20(25)22-15-7-6-8-16(11-15)27-3/h6-12,14H,13H2,1-5H3,(H,22,25)(H,23,26). The molecule has 2 aromatic carbocycles. The van der Waals surface area contributed by atoms with Crippen molar-refractivity contribution in [1.82, 2.24) is 4.90 Å². The summed E-state index contributed by atoms with van der Waals surface area (Å²) in [6.45, 7) is 1.77. The van der Waals surface area contributed by atoms with Crippen LogP contribution in [0.2, 0.25) is 0 Å². The zero-order valence-corrected chi connectivity index (χ0v) is 17.3. The van der Waals surface area contributed by atoms with E-state index in [1.807, 2.05) is 0 Å². The highest BCUT2D eigenvalue weighted by Gasteiger charge is 2.21. The smallest absolute Gasteiger partial charge is 0.241 e. The molecule has 0 saturated heterocycles. The first kappa shape index (κ1) is 22.0. The van der Waals surface area contributed by atoms with Crippen LogP contribution >= 0.6 is 0 Å². The Hall–Kier alpha value is -3.26. The number of nitrogens with zero attached hydrogens (tertiary/aromatic N) is 1. The third-order valence-electron chi connectivity index (χ3n) is 4.45. The van der Waals surface area contributed by atoms with E-state index in [0.29, 0.717) is 28.6 Å². The summed E-state index contributed by atoms with van der Waals surface area (Å²) in [7, 11) is 6.34. The second-order valence-corrected chi connectivity index (χ2v) is 6.43. The van der Waals surface area contributed by atoms with Crippen molar-refractivity contribution < 1.29 is 23.8 Å². The minimum Gasteiger partial charge on any atom is -0.497 e. The number of amides is 2. The van der Waals surface area contributed by atoms with Crippen molar-refractivity contribution in [3.05, 3.63) is 42.5 Å². The quantitative estimate of drug-likeness (QED) is 0.671. The van der Waals surface area contributed by atoms with Crippen molar-refractivity contribution in [2.75, 3.05) is 45.6 Å². The number of anilines is 2. The summed E-state index contributed by atoms with van der Waals surface area (Å²) in [6.07, 6.45) is 0. The van der Waals surface area contributed by atoms with E-state index in [-0.39, 0.29) is 18.4 Å². The fourth-order valence-corrected chi connectivity index (χ4v) is 2.61. The van der Waals surface area contributed by atoms with Gasteiger partial charge in [0.1, 0.15) is 17.2 Å². The molecule has 0 bridgehead atoms. The largest absolute Gasteiger partial charge is 0.497 e. The fourth-order valence-electron chi connectivity index (χ4n) is 2.61. The van der Waals surface area contributed by atoms with E-state index in [4.69, 9.17) is 14.2 Å². The monoisotopic (exact) mass is 401 g/mol. The Morgan fingerprint density at radius 2 is 1.66 bits per heavy atom. The van der Waals surface area contributed by atoms with E-state index in [2.05, 4.69) is 10.6 Å². The number of hydrogen-bond donors (Lipinski definition) is 2. The number of hydrogen-bond acceptors (Lipinski definition) is 6. The lowest BCUT2D eigenvalue weighted by Gasteiger charge is -2.24. The normalized spacial score (nSPS) is 11.5. The lowest BCUT2D eigenvalue weighted by Crippen LogP contribution is -2.43. The van der Waals surface area contributed by atoms with Crippen LogP contribution in [0.25, 0.3) is 0 Å². The van der Waals surface area contributed by atoms with Crippen LogP contribution in [0, 0.1) is 0 Å². The molecule has 0 aliphatic heterocycles. The van der Waals surface area contributed by atoms with Gasteiger partial charge in [-0.05, 0) is 38.2 Å². The number of carbonyl (C=O) groups is 2.